The Bertz CT molecular complexity index is 3190. The number of carbonyl (C=O) groups excluding carboxylic acids is 5. The predicted molar refractivity (Wildman–Crippen MR) is 328 cm³/mol. The molecule has 16 nitrogen and oxygen atoms in total. The minimum Gasteiger partial charge on any atom is -0.743 e. The first-order chi connectivity index (χ1) is 42.4. The van der Waals surface area contributed by atoms with E-state index in [1.807, 2.05) is 74.4 Å². The highest BCUT2D eigenvalue weighted by atomic mass is 32.2. The summed E-state index contributed by atoms with van der Waals surface area (Å²) in [5, 5.41) is 3.24. The van der Waals surface area contributed by atoms with Crippen LogP contribution >= 0.6 is 0 Å². The van der Waals surface area contributed by atoms with Gasteiger partial charge in [-0.3, -0.25) is 24.0 Å². The second-order valence-electron chi connectivity index (χ2n) is 24.7. The summed E-state index contributed by atoms with van der Waals surface area (Å²) in [7, 11) is -6.68. The maximum Gasteiger partial charge on any atom is 0.432 e. The number of ether oxygens (including phenoxy) is 7. The zero-order valence-electron chi connectivity index (χ0n) is 53.3. The third kappa shape index (κ3) is 20.0. The number of fused-ring (bicyclic) bond motifs is 2. The lowest BCUT2D eigenvalue weighted by Crippen LogP contribution is -2.53. The maximum absolute atomic E-state index is 13.0. The van der Waals surface area contributed by atoms with E-state index < -0.39 is 67.5 Å². The Kier molecular flexibility index (Phi) is 26.0. The first-order valence-corrected chi connectivity index (χ1v) is 32.5. The van der Waals surface area contributed by atoms with Gasteiger partial charge in [-0.15, -0.1) is 0 Å². The van der Waals surface area contributed by atoms with E-state index in [2.05, 4.69) is 108 Å². The van der Waals surface area contributed by atoms with Gasteiger partial charge in [0.25, 0.3) is 6.10 Å². The topological polar surface area (TPSA) is 227 Å². The molecule has 0 radical (unpaired) electrons. The fourth-order valence-corrected chi connectivity index (χ4v) is 11.4. The molecule has 0 saturated carbocycles. The molecule has 3 heterocycles. The summed E-state index contributed by atoms with van der Waals surface area (Å²) in [6.07, 6.45) is -6.74. The van der Waals surface area contributed by atoms with Gasteiger partial charge in [-0.05, 0) is 172 Å². The number of hydrogen-bond donors (Lipinski definition) is 1. The van der Waals surface area contributed by atoms with Crippen LogP contribution in [0.15, 0.2) is 154 Å². The average molecular weight is 1320 g/mol. The molecule has 23 heteroatoms. The molecule has 1 N–H and O–H groups in total. The van der Waals surface area contributed by atoms with Gasteiger partial charge in [0.15, 0.2) is 43.8 Å². The van der Waals surface area contributed by atoms with Gasteiger partial charge in [-0.25, -0.2) is 8.42 Å². The molecule has 1 aliphatic carbocycles. The largest absolute Gasteiger partial charge is 0.743 e. The average Bonchev–Trinajstić information content (AvgIpc) is 1.59. The van der Waals surface area contributed by atoms with Gasteiger partial charge in [0.2, 0.25) is 0 Å². The van der Waals surface area contributed by atoms with Crippen LogP contribution in [0.3, 0.4) is 0 Å². The van der Waals surface area contributed by atoms with Gasteiger partial charge in [-0.2, -0.15) is 22.0 Å². The molecule has 0 amide bonds. The van der Waals surface area contributed by atoms with Crippen molar-refractivity contribution in [2.75, 3.05) is 6.79 Å². The van der Waals surface area contributed by atoms with E-state index in [0.29, 0.717) is 18.6 Å². The molecular formula is C68H83F5O16S2. The van der Waals surface area contributed by atoms with Gasteiger partial charge in [0, 0.05) is 0 Å². The van der Waals surface area contributed by atoms with Gasteiger partial charge >= 0.3 is 41.3 Å². The van der Waals surface area contributed by atoms with Crippen LogP contribution < -0.4 is 4.74 Å². The lowest BCUT2D eigenvalue weighted by molar-refractivity contribution is -0.262. The standard InChI is InChI=1S/C18H15S.C16H22O3.C13H18O5.C12H16O3.C9H13F5O5S/c1-4-10-16(11-5-1)19(17-12-6-2-7-13-17)18-14-8-3-9-15-18;1-4-16(2,3)15(17)19-11-18-14-9-12-7-5-6-8-13(12)10-14;1-4-13(2,3)12(15)18-9-7-5-6-8(16-7)10(9)17-11(6)14;1-4-12(2,3)11(14)15-10-7-5-9(13)6-8-10;1-4-7(2,3)6(15)19-5(8(10,11)12)9(13,14)20(16,17)18/h1-15H;5-8,14H,4,9-11H2,1-3H3;6-10H,4-5H2,1-3H3;5-8,13H,4H2,1-3H3;5H,4H2,1-3H3,(H,16,17,18)/q+1;;;;/p-1. The normalized spacial score (nSPS) is 18.8. The Hall–Kier alpha value is -6.92. The van der Waals surface area contributed by atoms with Crippen molar-refractivity contribution in [1.29, 1.82) is 0 Å². The number of rotatable bonds is 19. The molecule has 498 valence electrons. The number of aromatic hydroxyl groups is 1. The van der Waals surface area contributed by atoms with Gasteiger partial charge in [0.05, 0.1) is 50.7 Å². The molecule has 9 rings (SSSR count). The molecule has 0 aromatic heterocycles. The van der Waals surface area contributed by atoms with E-state index in [9.17, 15) is 58.9 Å². The fraction of sp³-hybridized carbons (Fsp3) is 0.485. The maximum atomic E-state index is 13.0. The molecule has 6 unspecified atom stereocenters. The molecule has 6 atom stereocenters. The summed E-state index contributed by atoms with van der Waals surface area (Å²) >= 11 is 0. The minimum absolute atomic E-state index is 0.0146. The van der Waals surface area contributed by atoms with Crippen LogP contribution in [0.1, 0.15) is 126 Å². The van der Waals surface area contributed by atoms with Gasteiger partial charge in [-0.1, -0.05) is 107 Å². The number of alkyl halides is 5. The Balaban J connectivity index is 0.000000207. The number of benzene rings is 5. The highest BCUT2D eigenvalue weighted by Crippen LogP contribution is 2.48. The minimum atomic E-state index is -6.66. The first kappa shape index (κ1) is 74.8. The third-order valence-electron chi connectivity index (χ3n) is 16.4. The molecule has 3 fully saturated rings. The number of hydrogen-bond acceptors (Lipinski definition) is 16. The lowest BCUT2D eigenvalue weighted by Gasteiger charge is -2.32. The highest BCUT2D eigenvalue weighted by molar-refractivity contribution is 7.97. The number of phenols is 1. The van der Waals surface area contributed by atoms with Crippen molar-refractivity contribution < 1.29 is 97.2 Å². The molecule has 5 aromatic rings. The van der Waals surface area contributed by atoms with Crippen LogP contribution in [0.25, 0.3) is 0 Å². The SMILES string of the molecule is CCC(C)(C)C(=O)OC(C(F)(F)F)C(F)(F)S(=O)(=O)[O-].CCC(C)(C)C(=O)OC1C2CC3C(=O)OC1C3O2.CCC(C)(C)C(=O)OCOC1Cc2ccccc2C1.CCC(C)(C)C(=O)Oc1ccc(O)cc1.c1ccc([S+](c2ccccc2)c2ccccc2)cc1. The van der Waals surface area contributed by atoms with E-state index >= 15 is 0 Å². The first-order valence-electron chi connectivity index (χ1n) is 29.9. The molecule has 2 bridgehead atoms. The third-order valence-corrected chi connectivity index (χ3v) is 19.5. The van der Waals surface area contributed by atoms with Crippen molar-refractivity contribution in [2.24, 2.45) is 27.6 Å². The van der Waals surface area contributed by atoms with E-state index in [1.165, 1.54) is 44.9 Å². The summed E-state index contributed by atoms with van der Waals surface area (Å²) in [6.45, 7) is 20.7. The van der Waals surface area contributed by atoms with Crippen LogP contribution in [0.4, 0.5) is 22.0 Å². The second-order valence-corrected chi connectivity index (χ2v) is 28.2. The van der Waals surface area contributed by atoms with Crippen LogP contribution in [-0.2, 0) is 86.2 Å². The van der Waals surface area contributed by atoms with E-state index in [-0.39, 0.29) is 78.0 Å². The highest BCUT2D eigenvalue weighted by Gasteiger charge is 2.66. The summed E-state index contributed by atoms with van der Waals surface area (Å²) in [4.78, 5) is 62.5. The van der Waals surface area contributed by atoms with Gasteiger partial charge in [0.1, 0.15) is 17.6 Å². The zero-order valence-corrected chi connectivity index (χ0v) is 54.9. The number of phenolic OH excluding ortho intramolecular Hbond substituents is 1. The van der Waals surface area contributed by atoms with Crippen molar-refractivity contribution in [2.45, 2.75) is 191 Å². The number of esters is 5. The Morgan fingerprint density at radius 2 is 1.02 bits per heavy atom. The van der Waals surface area contributed by atoms with E-state index in [1.54, 1.807) is 12.1 Å². The number of carbonyl (C=O) groups is 5. The molecule has 91 heavy (non-hydrogen) atoms. The molecule has 3 aliphatic heterocycles. The Morgan fingerprint density at radius 1 is 0.604 bits per heavy atom. The molecule has 0 spiro atoms. The summed E-state index contributed by atoms with van der Waals surface area (Å²) in [6, 6.07) is 46.6. The predicted octanol–water partition coefficient (Wildman–Crippen LogP) is 13.7. The monoisotopic (exact) mass is 1310 g/mol. The molecule has 4 aliphatic rings. The van der Waals surface area contributed by atoms with E-state index in [4.69, 9.17) is 33.5 Å². The van der Waals surface area contributed by atoms with Crippen LogP contribution in [-0.4, -0.2) is 103 Å². The smallest absolute Gasteiger partial charge is 0.432 e. The number of halogens is 5. The Morgan fingerprint density at radius 3 is 1.45 bits per heavy atom. The van der Waals surface area contributed by atoms with Crippen molar-refractivity contribution in [1.82, 2.24) is 0 Å². The molecular weight excluding hydrogens is 1230 g/mol. The summed E-state index contributed by atoms with van der Waals surface area (Å²) in [5.41, 5.74) is -0.281. The lowest BCUT2D eigenvalue weighted by atomic mass is 9.87. The second kappa shape index (κ2) is 31.6. The van der Waals surface area contributed by atoms with Crippen LogP contribution in [0, 0.1) is 27.6 Å². The molecule has 3 saturated heterocycles. The van der Waals surface area contributed by atoms with Crippen molar-refractivity contribution in [3.05, 3.63) is 151 Å². The van der Waals surface area contributed by atoms with Crippen molar-refractivity contribution >= 4 is 50.9 Å². The van der Waals surface area contributed by atoms with E-state index in [0.717, 1.165) is 39.5 Å². The zero-order chi connectivity index (χ0) is 67.9. The summed E-state index contributed by atoms with van der Waals surface area (Å²) < 4.78 is 130. The molecule has 5 aromatic carbocycles. The van der Waals surface area contributed by atoms with Crippen molar-refractivity contribution in [3.8, 4) is 11.5 Å². The quantitative estimate of drug-likeness (QED) is 0.0154. The summed E-state index contributed by atoms with van der Waals surface area (Å²) in [5.74, 6) is -2.11. The fourth-order valence-electron chi connectivity index (χ4n) is 8.82. The van der Waals surface area contributed by atoms with Gasteiger partial charge < -0.3 is 42.8 Å². The van der Waals surface area contributed by atoms with Crippen molar-refractivity contribution in [3.63, 3.8) is 0 Å². The van der Waals surface area contributed by atoms with Crippen LogP contribution in [0.5, 0.6) is 11.5 Å². The Labute approximate surface area is 532 Å². The van der Waals surface area contributed by atoms with Crippen LogP contribution in [0.2, 0.25) is 0 Å².